The lowest BCUT2D eigenvalue weighted by Crippen LogP contribution is -1.91. The van der Waals surface area contributed by atoms with Crippen LogP contribution in [0.4, 0.5) is 0 Å². The fraction of sp³-hybridized carbons (Fsp3) is 0. The van der Waals surface area contributed by atoms with Crippen molar-refractivity contribution < 1.29 is 4.42 Å². The summed E-state index contributed by atoms with van der Waals surface area (Å²) in [5.41, 5.74) is 4.25. The number of imidazole rings is 1. The van der Waals surface area contributed by atoms with Crippen LogP contribution in [0.2, 0.25) is 5.02 Å². The lowest BCUT2D eigenvalue weighted by Gasteiger charge is -2.00. The molecule has 0 saturated carbocycles. The average molecular weight is 270 g/mol. The van der Waals surface area contributed by atoms with E-state index in [2.05, 4.69) is 9.97 Å². The van der Waals surface area contributed by atoms with Gasteiger partial charge in [-0.1, -0.05) is 23.7 Å². The quantitative estimate of drug-likeness (QED) is 0.528. The second-order valence-electron chi connectivity index (χ2n) is 4.22. The molecule has 0 aliphatic heterocycles. The first-order valence-electron chi connectivity index (χ1n) is 5.78. The molecule has 0 spiro atoms. The highest BCUT2D eigenvalue weighted by Gasteiger charge is 2.12. The number of fused-ring (bicyclic) bond motifs is 2. The summed E-state index contributed by atoms with van der Waals surface area (Å²) in [6.07, 6.45) is 5.05. The topological polar surface area (TPSA) is 43.9 Å². The molecule has 0 N–H and O–H groups in total. The number of nitrogens with zero attached hydrogens (tertiary/aromatic N) is 3. The van der Waals surface area contributed by atoms with E-state index in [9.17, 15) is 0 Å². The van der Waals surface area contributed by atoms with Gasteiger partial charge in [-0.3, -0.25) is 4.57 Å². The Morgan fingerprint density at radius 1 is 1.16 bits per heavy atom. The van der Waals surface area contributed by atoms with E-state index in [4.69, 9.17) is 16.0 Å². The Morgan fingerprint density at radius 3 is 3.00 bits per heavy atom. The zero-order chi connectivity index (χ0) is 12.8. The van der Waals surface area contributed by atoms with Gasteiger partial charge in [-0.05, 0) is 12.1 Å². The van der Waals surface area contributed by atoms with Crippen molar-refractivity contribution in [1.82, 2.24) is 14.5 Å². The minimum atomic E-state index is 0.559. The summed E-state index contributed by atoms with van der Waals surface area (Å²) in [6.45, 7) is 0. The molecule has 0 fully saturated rings. The highest BCUT2D eigenvalue weighted by Crippen LogP contribution is 2.27. The van der Waals surface area contributed by atoms with Crippen LogP contribution in [0.5, 0.6) is 0 Å². The minimum absolute atomic E-state index is 0.559. The molecule has 92 valence electrons. The Hall–Kier alpha value is -2.33. The van der Waals surface area contributed by atoms with Crippen LogP contribution in [-0.4, -0.2) is 14.5 Å². The van der Waals surface area contributed by atoms with Crippen LogP contribution in [-0.2, 0) is 0 Å². The molecule has 19 heavy (non-hydrogen) atoms. The van der Waals surface area contributed by atoms with Crippen molar-refractivity contribution in [3.8, 4) is 5.69 Å². The molecule has 0 atom stereocenters. The molecule has 0 aliphatic rings. The zero-order valence-corrected chi connectivity index (χ0v) is 10.5. The van der Waals surface area contributed by atoms with Crippen LogP contribution in [0.3, 0.4) is 0 Å². The summed E-state index contributed by atoms with van der Waals surface area (Å²) in [7, 11) is 0. The smallest absolute Gasteiger partial charge is 0.156 e. The Morgan fingerprint density at radius 2 is 2.05 bits per heavy atom. The lowest BCUT2D eigenvalue weighted by molar-refractivity contribution is 0.613. The first-order chi connectivity index (χ1) is 9.33. The van der Waals surface area contributed by atoms with E-state index < -0.39 is 0 Å². The fourth-order valence-electron chi connectivity index (χ4n) is 2.20. The van der Waals surface area contributed by atoms with Gasteiger partial charge >= 0.3 is 0 Å². The molecule has 4 rings (SSSR count). The minimum Gasteiger partial charge on any atom is -0.460 e. The van der Waals surface area contributed by atoms with Crippen molar-refractivity contribution in [2.24, 2.45) is 0 Å². The van der Waals surface area contributed by atoms with Gasteiger partial charge in [0.15, 0.2) is 5.58 Å². The Kier molecular flexibility index (Phi) is 2.13. The molecule has 4 aromatic rings. The van der Waals surface area contributed by atoms with Gasteiger partial charge in [-0.2, -0.15) is 0 Å². The number of para-hydroxylation sites is 2. The molecule has 0 aliphatic carbocycles. The average Bonchev–Trinajstić information content (AvgIpc) is 3.01. The maximum absolute atomic E-state index is 5.91. The van der Waals surface area contributed by atoms with Crippen molar-refractivity contribution in [3.63, 3.8) is 0 Å². The van der Waals surface area contributed by atoms with Crippen molar-refractivity contribution in [2.75, 3.05) is 0 Å². The van der Waals surface area contributed by atoms with Crippen LogP contribution in [0.1, 0.15) is 0 Å². The highest BCUT2D eigenvalue weighted by molar-refractivity contribution is 6.31. The van der Waals surface area contributed by atoms with Gasteiger partial charge < -0.3 is 4.42 Å². The molecule has 0 bridgehead atoms. The molecule has 5 heteroatoms. The molecule has 4 nitrogen and oxygen atoms in total. The Labute approximate surface area is 113 Å². The van der Waals surface area contributed by atoms with E-state index in [-0.39, 0.29) is 0 Å². The summed E-state index contributed by atoms with van der Waals surface area (Å²) in [4.78, 5) is 8.70. The SMILES string of the molecule is Clc1cnc2c(-n3cnc4ccccc43)coc2c1. The zero-order valence-electron chi connectivity index (χ0n) is 9.75. The summed E-state index contributed by atoms with van der Waals surface area (Å²) < 4.78 is 7.47. The number of hydrogen-bond acceptors (Lipinski definition) is 3. The van der Waals surface area contributed by atoms with Gasteiger partial charge in [0.05, 0.1) is 16.1 Å². The van der Waals surface area contributed by atoms with Crippen LogP contribution >= 0.6 is 11.6 Å². The molecule has 3 aromatic heterocycles. The Bertz CT molecular complexity index is 894. The van der Waals surface area contributed by atoms with Gasteiger partial charge in [0.2, 0.25) is 0 Å². The molecular formula is C14H8ClN3O. The second-order valence-corrected chi connectivity index (χ2v) is 4.66. The molecular weight excluding hydrogens is 262 g/mol. The third-order valence-corrected chi connectivity index (χ3v) is 3.28. The van der Waals surface area contributed by atoms with Gasteiger partial charge in [-0.25, -0.2) is 9.97 Å². The number of benzene rings is 1. The van der Waals surface area contributed by atoms with E-state index in [1.807, 2.05) is 28.8 Å². The fourth-order valence-corrected chi connectivity index (χ4v) is 2.35. The number of pyridine rings is 1. The second kappa shape index (κ2) is 3.83. The first kappa shape index (κ1) is 10.6. The first-order valence-corrected chi connectivity index (χ1v) is 6.16. The molecule has 0 radical (unpaired) electrons. The van der Waals surface area contributed by atoms with E-state index in [0.717, 1.165) is 22.2 Å². The summed E-state index contributed by atoms with van der Waals surface area (Å²) in [5.74, 6) is 0. The van der Waals surface area contributed by atoms with Gasteiger partial charge in [0.1, 0.15) is 23.8 Å². The van der Waals surface area contributed by atoms with Gasteiger partial charge in [-0.15, -0.1) is 0 Å². The lowest BCUT2D eigenvalue weighted by atomic mass is 10.3. The molecule has 0 amide bonds. The maximum Gasteiger partial charge on any atom is 0.156 e. The highest BCUT2D eigenvalue weighted by atomic mass is 35.5. The normalized spacial score (nSPS) is 11.4. The van der Waals surface area contributed by atoms with Crippen LogP contribution in [0.25, 0.3) is 27.8 Å². The monoisotopic (exact) mass is 269 g/mol. The van der Waals surface area contributed by atoms with Crippen molar-refractivity contribution in [2.45, 2.75) is 0 Å². The van der Waals surface area contributed by atoms with Crippen LogP contribution in [0, 0.1) is 0 Å². The molecule has 1 aromatic carbocycles. The van der Waals surface area contributed by atoms with E-state index in [1.165, 1.54) is 0 Å². The predicted molar refractivity (Wildman–Crippen MR) is 73.6 cm³/mol. The van der Waals surface area contributed by atoms with Crippen molar-refractivity contribution >= 4 is 33.7 Å². The van der Waals surface area contributed by atoms with Gasteiger partial charge in [0, 0.05) is 12.3 Å². The number of furan rings is 1. The molecule has 0 unspecified atom stereocenters. The number of aromatic nitrogens is 3. The third kappa shape index (κ3) is 1.54. The van der Waals surface area contributed by atoms with Crippen LogP contribution < -0.4 is 0 Å². The van der Waals surface area contributed by atoms with Crippen LogP contribution in [0.15, 0.2) is 53.5 Å². The molecule has 3 heterocycles. The van der Waals surface area contributed by atoms with Crippen molar-refractivity contribution in [1.29, 1.82) is 0 Å². The third-order valence-electron chi connectivity index (χ3n) is 3.07. The predicted octanol–water partition coefficient (Wildman–Crippen LogP) is 3.82. The molecule has 0 saturated heterocycles. The number of hydrogen-bond donors (Lipinski definition) is 0. The largest absolute Gasteiger partial charge is 0.460 e. The van der Waals surface area contributed by atoms with Crippen molar-refractivity contribution in [3.05, 3.63) is 54.1 Å². The summed E-state index contributed by atoms with van der Waals surface area (Å²) >= 11 is 5.91. The Balaban J connectivity index is 2.04. The van der Waals surface area contributed by atoms with Gasteiger partial charge in [0.25, 0.3) is 0 Å². The maximum atomic E-state index is 5.91. The van der Waals surface area contributed by atoms with E-state index in [0.29, 0.717) is 10.6 Å². The summed E-state index contributed by atoms with van der Waals surface area (Å²) in [6, 6.07) is 9.68. The number of halogens is 1. The van der Waals surface area contributed by atoms with E-state index >= 15 is 0 Å². The van der Waals surface area contributed by atoms with E-state index in [1.54, 1.807) is 24.9 Å². The number of rotatable bonds is 1. The summed E-state index contributed by atoms with van der Waals surface area (Å²) in [5, 5.41) is 0.559. The standard InChI is InChI=1S/C14H8ClN3O/c15-9-5-13-14(16-6-9)12(7-19-13)18-8-17-10-3-1-2-4-11(10)18/h1-8H.